The van der Waals surface area contributed by atoms with Crippen LogP contribution in [-0.2, 0) is 0 Å². The minimum absolute atomic E-state index is 0.0694. The Morgan fingerprint density at radius 2 is 1.47 bits per heavy atom. The summed E-state index contributed by atoms with van der Waals surface area (Å²) >= 11 is 0. The molecule has 0 aliphatic rings. The van der Waals surface area contributed by atoms with E-state index in [1.54, 1.807) is 36.4 Å². The minimum atomic E-state index is 0.0694. The van der Waals surface area contributed by atoms with Crippen molar-refractivity contribution < 1.29 is 10.4 Å². The van der Waals surface area contributed by atoms with E-state index >= 15 is 0 Å². The van der Waals surface area contributed by atoms with Crippen LogP contribution < -0.4 is 5.48 Å². The third-order valence-corrected chi connectivity index (χ3v) is 2.47. The summed E-state index contributed by atoms with van der Waals surface area (Å²) in [5.41, 5.74) is 3.39. The second-order valence-corrected chi connectivity index (χ2v) is 3.72. The number of rotatable bonds is 3. The van der Waals surface area contributed by atoms with Crippen molar-refractivity contribution >= 4 is 17.2 Å². The highest BCUT2D eigenvalue weighted by molar-refractivity contribution is 6.47. The summed E-state index contributed by atoms with van der Waals surface area (Å²) in [5, 5.41) is 21.5. The van der Waals surface area contributed by atoms with Crippen LogP contribution in [0.5, 0.6) is 0 Å². The average molecular weight is 255 g/mol. The number of para-hydroxylation sites is 1. The maximum atomic E-state index is 9.18. The Hall–Kier alpha value is -2.66. The molecule has 5 heteroatoms. The lowest BCUT2D eigenvalue weighted by Crippen LogP contribution is -2.29. The quantitative estimate of drug-likeness (QED) is 0.341. The van der Waals surface area contributed by atoms with Crippen LogP contribution in [0.1, 0.15) is 5.56 Å². The van der Waals surface area contributed by atoms with Gasteiger partial charge in [-0.15, -0.1) is 0 Å². The first-order chi connectivity index (χ1) is 9.35. The van der Waals surface area contributed by atoms with Gasteiger partial charge in [-0.1, -0.05) is 53.7 Å². The fraction of sp³-hybridized carbons (Fsp3) is 0. The zero-order chi connectivity index (χ0) is 13.5. The molecule has 0 spiro atoms. The Morgan fingerprint density at radius 1 is 0.895 bits per heavy atom. The highest BCUT2D eigenvalue weighted by Gasteiger charge is 2.11. The van der Waals surface area contributed by atoms with Crippen molar-refractivity contribution in [3.05, 3.63) is 66.2 Å². The molecule has 0 aliphatic carbocycles. The summed E-state index contributed by atoms with van der Waals surface area (Å²) in [7, 11) is 0. The molecular weight excluding hydrogens is 242 g/mol. The fourth-order valence-corrected chi connectivity index (χ4v) is 1.60. The van der Waals surface area contributed by atoms with Gasteiger partial charge in [-0.05, 0) is 12.1 Å². The number of hydrogen-bond acceptors (Lipinski definition) is 4. The Bertz CT molecular complexity index is 580. The fourth-order valence-electron chi connectivity index (χ4n) is 1.60. The van der Waals surface area contributed by atoms with Gasteiger partial charge in [0.05, 0.1) is 5.69 Å². The van der Waals surface area contributed by atoms with Crippen molar-refractivity contribution in [3.8, 4) is 0 Å². The molecule has 5 nitrogen and oxygen atoms in total. The average Bonchev–Trinajstić information content (AvgIpc) is 2.49. The second kappa shape index (κ2) is 6.32. The number of aliphatic imine (C=N–C) groups is 1. The number of nitrogens with zero attached hydrogens (tertiary/aromatic N) is 2. The normalized spacial score (nSPS) is 12.3. The highest BCUT2D eigenvalue weighted by atomic mass is 16.5. The van der Waals surface area contributed by atoms with Gasteiger partial charge in [0.25, 0.3) is 0 Å². The van der Waals surface area contributed by atoms with Gasteiger partial charge >= 0.3 is 0 Å². The van der Waals surface area contributed by atoms with E-state index in [-0.39, 0.29) is 11.5 Å². The Labute approximate surface area is 110 Å². The lowest BCUT2D eigenvalue weighted by atomic mass is 10.1. The van der Waals surface area contributed by atoms with Crippen molar-refractivity contribution in [1.82, 2.24) is 5.48 Å². The molecule has 3 N–H and O–H groups in total. The predicted molar refractivity (Wildman–Crippen MR) is 73.2 cm³/mol. The molecule has 0 atom stereocenters. The van der Waals surface area contributed by atoms with Gasteiger partial charge in [-0.25, -0.2) is 4.99 Å². The molecule has 0 saturated heterocycles. The van der Waals surface area contributed by atoms with Gasteiger partial charge in [0, 0.05) is 5.56 Å². The van der Waals surface area contributed by atoms with Crippen molar-refractivity contribution in [3.63, 3.8) is 0 Å². The minimum Gasteiger partial charge on any atom is -0.410 e. The molecule has 0 radical (unpaired) electrons. The third kappa shape index (κ3) is 3.17. The molecule has 0 bridgehead atoms. The van der Waals surface area contributed by atoms with E-state index in [4.69, 9.17) is 5.21 Å². The maximum Gasteiger partial charge on any atom is 0.180 e. The molecule has 96 valence electrons. The molecule has 2 aromatic rings. The largest absolute Gasteiger partial charge is 0.410 e. The Balaban J connectivity index is 2.39. The molecule has 0 amide bonds. The first-order valence-corrected chi connectivity index (χ1v) is 5.67. The molecule has 2 rings (SSSR count). The molecule has 0 aromatic heterocycles. The molecule has 0 heterocycles. The first kappa shape index (κ1) is 12.8. The summed E-state index contributed by atoms with van der Waals surface area (Å²) in [6, 6.07) is 18.0. The van der Waals surface area contributed by atoms with Gasteiger partial charge < -0.3 is 5.21 Å². The van der Waals surface area contributed by atoms with Crippen LogP contribution in [0.3, 0.4) is 0 Å². The van der Waals surface area contributed by atoms with Crippen LogP contribution in [0.25, 0.3) is 0 Å². The van der Waals surface area contributed by atoms with Crippen LogP contribution in [0.15, 0.2) is 70.8 Å². The third-order valence-electron chi connectivity index (χ3n) is 2.47. The highest BCUT2D eigenvalue weighted by Crippen LogP contribution is 2.11. The predicted octanol–water partition coefficient (Wildman–Crippen LogP) is 2.57. The van der Waals surface area contributed by atoms with Crippen molar-refractivity contribution in [2.24, 2.45) is 10.1 Å². The van der Waals surface area contributed by atoms with E-state index in [0.29, 0.717) is 11.3 Å². The van der Waals surface area contributed by atoms with Crippen molar-refractivity contribution in [2.45, 2.75) is 0 Å². The van der Waals surface area contributed by atoms with Crippen LogP contribution in [0, 0.1) is 0 Å². The van der Waals surface area contributed by atoms with E-state index in [2.05, 4.69) is 10.1 Å². The summed E-state index contributed by atoms with van der Waals surface area (Å²) < 4.78 is 0. The number of amidine groups is 1. The molecule has 2 aromatic carbocycles. The number of nitrogens with one attached hydrogen (secondary N) is 1. The van der Waals surface area contributed by atoms with Gasteiger partial charge in [-0.3, -0.25) is 10.7 Å². The summed E-state index contributed by atoms with van der Waals surface area (Å²) in [6.07, 6.45) is 0. The van der Waals surface area contributed by atoms with Crippen LogP contribution in [0.4, 0.5) is 5.69 Å². The SMILES string of the molecule is ON=C(C(=Nc1ccccc1)NO)c1ccccc1. The lowest BCUT2D eigenvalue weighted by Gasteiger charge is -2.07. The van der Waals surface area contributed by atoms with Crippen molar-refractivity contribution in [2.75, 3.05) is 0 Å². The van der Waals surface area contributed by atoms with Gasteiger partial charge in [0.1, 0.15) is 0 Å². The van der Waals surface area contributed by atoms with Crippen LogP contribution >= 0.6 is 0 Å². The smallest absolute Gasteiger partial charge is 0.180 e. The van der Waals surface area contributed by atoms with E-state index in [1.165, 1.54) is 0 Å². The lowest BCUT2D eigenvalue weighted by molar-refractivity contribution is 0.236. The van der Waals surface area contributed by atoms with Gasteiger partial charge in [0.15, 0.2) is 11.5 Å². The van der Waals surface area contributed by atoms with Gasteiger partial charge in [-0.2, -0.15) is 0 Å². The van der Waals surface area contributed by atoms with Crippen LogP contribution in [-0.4, -0.2) is 22.0 Å². The summed E-state index contributed by atoms with van der Waals surface area (Å²) in [5.74, 6) is 0.0694. The molecule has 0 saturated carbocycles. The first-order valence-electron chi connectivity index (χ1n) is 5.67. The zero-order valence-corrected chi connectivity index (χ0v) is 10.1. The number of hydrogen-bond donors (Lipinski definition) is 3. The second-order valence-electron chi connectivity index (χ2n) is 3.72. The van der Waals surface area contributed by atoms with E-state index in [1.807, 2.05) is 29.7 Å². The van der Waals surface area contributed by atoms with Gasteiger partial charge in [0.2, 0.25) is 0 Å². The number of benzene rings is 2. The Kier molecular flexibility index (Phi) is 4.25. The standard InChI is InChI=1S/C14H13N3O2/c18-16-13(11-7-3-1-4-8-11)14(17-19)15-12-9-5-2-6-10-12/h1-10,18-19H,(H,15,17). The Morgan fingerprint density at radius 3 is 2.00 bits per heavy atom. The monoisotopic (exact) mass is 255 g/mol. The zero-order valence-electron chi connectivity index (χ0n) is 10.1. The van der Waals surface area contributed by atoms with Crippen molar-refractivity contribution in [1.29, 1.82) is 0 Å². The van der Waals surface area contributed by atoms with E-state index < -0.39 is 0 Å². The summed E-state index contributed by atoms with van der Waals surface area (Å²) in [6.45, 7) is 0. The topological polar surface area (TPSA) is 77.2 Å². The molecule has 0 fully saturated rings. The van der Waals surface area contributed by atoms with E-state index in [9.17, 15) is 5.21 Å². The molecule has 19 heavy (non-hydrogen) atoms. The maximum absolute atomic E-state index is 9.18. The number of oxime groups is 1. The molecule has 0 unspecified atom stereocenters. The summed E-state index contributed by atoms with van der Waals surface area (Å²) in [4.78, 5) is 4.19. The van der Waals surface area contributed by atoms with E-state index in [0.717, 1.165) is 0 Å². The number of hydroxylamine groups is 1. The van der Waals surface area contributed by atoms with Crippen LogP contribution in [0.2, 0.25) is 0 Å². The molecule has 0 aliphatic heterocycles. The molecular formula is C14H13N3O2.